The fraction of sp³-hybridized carbons (Fsp3) is 0.278. The number of methoxy groups -OCH3 is 1. The number of aromatic nitrogens is 3. The van der Waals surface area contributed by atoms with Gasteiger partial charge in [0.2, 0.25) is 11.7 Å². The Labute approximate surface area is 146 Å². The summed E-state index contributed by atoms with van der Waals surface area (Å²) in [4.78, 5) is 6.53. The molecule has 2 aromatic heterocycles. The average Bonchev–Trinajstić information content (AvgIpc) is 3.16. The van der Waals surface area contributed by atoms with E-state index in [1.54, 1.807) is 25.5 Å². The topological polar surface area (TPSA) is 73.5 Å². The van der Waals surface area contributed by atoms with Crippen LogP contribution in [0.3, 0.4) is 0 Å². The molecule has 0 saturated carbocycles. The Kier molecular flexibility index (Phi) is 5.25. The quantitative estimate of drug-likeness (QED) is 0.655. The number of ether oxygens (including phenoxy) is 2. The van der Waals surface area contributed by atoms with E-state index in [2.05, 4.69) is 15.2 Å². The molecular formula is C18H20N4O3. The third kappa shape index (κ3) is 4.13. The van der Waals surface area contributed by atoms with E-state index in [9.17, 15) is 0 Å². The lowest BCUT2D eigenvalue weighted by Gasteiger charge is -2.13. The molecule has 0 N–H and O–H groups in total. The van der Waals surface area contributed by atoms with Crippen LogP contribution in [0.15, 0.2) is 47.1 Å². The number of hydrogen-bond acceptors (Lipinski definition) is 7. The van der Waals surface area contributed by atoms with Gasteiger partial charge in [0.15, 0.2) is 11.5 Å². The number of benzene rings is 1. The normalized spacial score (nSPS) is 10.9. The van der Waals surface area contributed by atoms with Crippen molar-refractivity contribution < 1.29 is 13.9 Å². The smallest absolute Gasteiger partial charge is 0.244 e. The monoisotopic (exact) mass is 340 g/mol. The van der Waals surface area contributed by atoms with E-state index in [-0.39, 0.29) is 0 Å². The molecule has 0 atom stereocenters. The Balaban J connectivity index is 1.94. The van der Waals surface area contributed by atoms with Gasteiger partial charge in [-0.1, -0.05) is 0 Å². The van der Waals surface area contributed by atoms with Gasteiger partial charge in [-0.05, 0) is 50.5 Å². The van der Waals surface area contributed by atoms with Gasteiger partial charge in [0.1, 0.15) is 12.4 Å². The molecular weight excluding hydrogens is 320 g/mol. The van der Waals surface area contributed by atoms with Crippen LogP contribution in [0.25, 0.3) is 22.8 Å². The Bertz CT molecular complexity index is 802. The molecule has 0 saturated heterocycles. The molecule has 2 heterocycles. The van der Waals surface area contributed by atoms with Gasteiger partial charge in [0, 0.05) is 12.1 Å². The van der Waals surface area contributed by atoms with Gasteiger partial charge in [-0.2, -0.15) is 4.98 Å². The molecule has 0 aliphatic carbocycles. The zero-order chi connectivity index (χ0) is 17.6. The fourth-order valence-corrected chi connectivity index (χ4v) is 2.18. The Morgan fingerprint density at radius 1 is 1.08 bits per heavy atom. The van der Waals surface area contributed by atoms with Gasteiger partial charge in [0.25, 0.3) is 0 Å². The van der Waals surface area contributed by atoms with Crippen molar-refractivity contribution in [2.45, 2.75) is 0 Å². The molecule has 0 aliphatic heterocycles. The molecule has 1 aromatic carbocycles. The van der Waals surface area contributed by atoms with E-state index >= 15 is 0 Å². The summed E-state index contributed by atoms with van der Waals surface area (Å²) in [6, 6.07) is 11.1. The first-order valence-corrected chi connectivity index (χ1v) is 7.88. The van der Waals surface area contributed by atoms with E-state index in [1.807, 2.05) is 43.3 Å². The summed E-state index contributed by atoms with van der Waals surface area (Å²) in [5.74, 6) is 2.13. The first-order valence-electron chi connectivity index (χ1n) is 7.88. The zero-order valence-corrected chi connectivity index (χ0v) is 14.5. The van der Waals surface area contributed by atoms with E-state index in [0.717, 1.165) is 17.9 Å². The predicted molar refractivity (Wildman–Crippen MR) is 93.6 cm³/mol. The number of likely N-dealkylation sites (N-methyl/N-ethyl adjacent to an activating group) is 1. The van der Waals surface area contributed by atoms with Crippen LogP contribution in [-0.4, -0.2) is 54.4 Å². The number of rotatable bonds is 7. The Morgan fingerprint density at radius 3 is 2.52 bits per heavy atom. The maximum absolute atomic E-state index is 5.87. The van der Waals surface area contributed by atoms with E-state index in [1.165, 1.54) is 0 Å². The zero-order valence-electron chi connectivity index (χ0n) is 14.5. The van der Waals surface area contributed by atoms with Crippen LogP contribution in [-0.2, 0) is 0 Å². The van der Waals surface area contributed by atoms with Crippen LogP contribution >= 0.6 is 0 Å². The maximum Gasteiger partial charge on any atom is 0.244 e. The van der Waals surface area contributed by atoms with E-state index < -0.39 is 0 Å². The number of hydrogen-bond donors (Lipinski definition) is 0. The lowest BCUT2D eigenvalue weighted by Crippen LogP contribution is -2.20. The highest BCUT2D eigenvalue weighted by molar-refractivity contribution is 5.65. The largest absolute Gasteiger partial charge is 0.497 e. The van der Waals surface area contributed by atoms with Gasteiger partial charge in [0.05, 0.1) is 13.4 Å². The van der Waals surface area contributed by atoms with Crippen LogP contribution in [0, 0.1) is 0 Å². The summed E-state index contributed by atoms with van der Waals surface area (Å²) in [7, 11) is 5.60. The highest BCUT2D eigenvalue weighted by atomic mass is 16.5. The number of nitrogens with zero attached hydrogens (tertiary/aromatic N) is 4. The summed E-state index contributed by atoms with van der Waals surface area (Å²) in [6.07, 6.45) is 1.57. The second kappa shape index (κ2) is 7.76. The molecule has 0 fully saturated rings. The Hall–Kier alpha value is -2.93. The maximum atomic E-state index is 5.87. The molecule has 3 aromatic rings. The van der Waals surface area contributed by atoms with Crippen LogP contribution in [0.2, 0.25) is 0 Å². The van der Waals surface area contributed by atoms with Crippen LogP contribution in [0.5, 0.6) is 11.6 Å². The lowest BCUT2D eigenvalue weighted by molar-refractivity contribution is 0.253. The summed E-state index contributed by atoms with van der Waals surface area (Å²) in [5, 5.41) is 8.47. The van der Waals surface area contributed by atoms with Gasteiger partial charge < -0.3 is 18.8 Å². The fourth-order valence-electron chi connectivity index (χ4n) is 2.18. The lowest BCUT2D eigenvalue weighted by atomic mass is 10.1. The average molecular weight is 340 g/mol. The van der Waals surface area contributed by atoms with Crippen molar-refractivity contribution >= 4 is 0 Å². The van der Waals surface area contributed by atoms with Crippen molar-refractivity contribution in [3.63, 3.8) is 0 Å². The molecule has 25 heavy (non-hydrogen) atoms. The summed E-state index contributed by atoms with van der Waals surface area (Å²) < 4.78 is 16.4. The summed E-state index contributed by atoms with van der Waals surface area (Å²) in [5.41, 5.74) is 1.43. The molecule has 0 bridgehead atoms. The molecule has 0 unspecified atom stereocenters. The molecule has 130 valence electrons. The van der Waals surface area contributed by atoms with E-state index in [0.29, 0.717) is 29.8 Å². The van der Waals surface area contributed by atoms with Crippen molar-refractivity contribution in [1.82, 2.24) is 20.1 Å². The summed E-state index contributed by atoms with van der Waals surface area (Å²) in [6.45, 7) is 1.26. The molecule has 0 spiro atoms. The standard InChI is InChI=1S/C18H20N4O3/c1-22(2)10-12-25-18-16(13-6-8-14(23-3)9-7-13)20-21-17(19-18)15-5-4-11-24-15/h4-9,11H,10,12H2,1-3H3. The van der Waals surface area contributed by atoms with Gasteiger partial charge in [-0.15, -0.1) is 10.2 Å². The second-order valence-corrected chi connectivity index (χ2v) is 5.65. The summed E-state index contributed by atoms with van der Waals surface area (Å²) >= 11 is 0. The van der Waals surface area contributed by atoms with Crippen molar-refractivity contribution in [2.75, 3.05) is 34.4 Å². The third-order valence-electron chi connectivity index (χ3n) is 3.54. The minimum Gasteiger partial charge on any atom is -0.497 e. The molecule has 0 aliphatic rings. The molecule has 3 rings (SSSR count). The Morgan fingerprint density at radius 2 is 1.88 bits per heavy atom. The van der Waals surface area contributed by atoms with Crippen molar-refractivity contribution in [2.24, 2.45) is 0 Å². The third-order valence-corrected chi connectivity index (χ3v) is 3.54. The molecule has 0 amide bonds. The minimum absolute atomic E-state index is 0.391. The van der Waals surface area contributed by atoms with Gasteiger partial charge >= 0.3 is 0 Å². The number of furan rings is 1. The molecule has 7 heteroatoms. The van der Waals surface area contributed by atoms with Crippen LogP contribution in [0.1, 0.15) is 0 Å². The molecule has 7 nitrogen and oxygen atoms in total. The van der Waals surface area contributed by atoms with Crippen molar-refractivity contribution in [1.29, 1.82) is 0 Å². The second-order valence-electron chi connectivity index (χ2n) is 5.65. The predicted octanol–water partition coefficient (Wildman–Crippen LogP) is 2.75. The van der Waals surface area contributed by atoms with Crippen molar-refractivity contribution in [3.05, 3.63) is 42.7 Å². The first-order chi connectivity index (χ1) is 12.2. The SMILES string of the molecule is COc1ccc(-c2nnc(-c3ccco3)nc2OCCN(C)C)cc1. The van der Waals surface area contributed by atoms with Crippen molar-refractivity contribution in [3.8, 4) is 34.5 Å². The van der Waals surface area contributed by atoms with Crippen LogP contribution < -0.4 is 9.47 Å². The highest BCUT2D eigenvalue weighted by Gasteiger charge is 2.15. The highest BCUT2D eigenvalue weighted by Crippen LogP contribution is 2.29. The van der Waals surface area contributed by atoms with Gasteiger partial charge in [-0.25, -0.2) is 0 Å². The van der Waals surface area contributed by atoms with Crippen LogP contribution in [0.4, 0.5) is 0 Å². The first kappa shape index (κ1) is 16.9. The van der Waals surface area contributed by atoms with E-state index in [4.69, 9.17) is 13.9 Å². The van der Waals surface area contributed by atoms with Gasteiger partial charge in [-0.3, -0.25) is 0 Å². The minimum atomic E-state index is 0.391. The molecule has 0 radical (unpaired) electrons.